The monoisotopic (exact) mass is 336 g/mol. The van der Waals surface area contributed by atoms with Gasteiger partial charge < -0.3 is 9.80 Å². The number of anilines is 2. The fourth-order valence-corrected chi connectivity index (χ4v) is 3.43. The summed E-state index contributed by atoms with van der Waals surface area (Å²) in [6.07, 6.45) is -0.159. The minimum absolute atomic E-state index is 0.114. The first-order valence-electron chi connectivity index (χ1n) is 7.65. The van der Waals surface area contributed by atoms with Gasteiger partial charge in [-0.2, -0.15) is 13.2 Å². The zero-order valence-electron chi connectivity index (χ0n) is 12.9. The van der Waals surface area contributed by atoms with Crippen molar-refractivity contribution in [2.45, 2.75) is 31.6 Å². The minimum Gasteiger partial charge on any atom is -0.347 e. The first-order valence-corrected chi connectivity index (χ1v) is 7.65. The van der Waals surface area contributed by atoms with Crippen LogP contribution >= 0.6 is 0 Å². The van der Waals surface area contributed by atoms with Crippen molar-refractivity contribution in [1.29, 1.82) is 0 Å². The molecule has 0 spiro atoms. The van der Waals surface area contributed by atoms with E-state index < -0.39 is 11.9 Å². The van der Waals surface area contributed by atoms with Crippen LogP contribution in [0, 0.1) is 6.92 Å². The highest BCUT2D eigenvalue weighted by Gasteiger charge is 2.46. The zero-order chi connectivity index (χ0) is 16.9. The van der Waals surface area contributed by atoms with Crippen LogP contribution in [-0.2, 0) is 6.18 Å². The second kappa shape index (κ2) is 5.29. The highest BCUT2D eigenvalue weighted by atomic mass is 19.4. The van der Waals surface area contributed by atoms with E-state index in [9.17, 15) is 13.2 Å². The molecule has 2 atom stereocenters. The molecule has 126 valence electrons. The first kappa shape index (κ1) is 15.1. The largest absolute Gasteiger partial charge is 0.433 e. The van der Waals surface area contributed by atoms with Crippen molar-refractivity contribution in [3.8, 4) is 0 Å². The summed E-state index contributed by atoms with van der Waals surface area (Å²) in [6, 6.07) is 3.02. The number of nitrogens with zero attached hydrogens (tertiary/aromatic N) is 6. The smallest absolute Gasteiger partial charge is 0.347 e. The summed E-state index contributed by atoms with van der Waals surface area (Å²) in [5.74, 6) is 1.14. The van der Waals surface area contributed by atoms with Gasteiger partial charge in [0.15, 0.2) is 0 Å². The molecule has 5 rings (SSSR count). The van der Waals surface area contributed by atoms with Crippen LogP contribution in [0.5, 0.6) is 0 Å². The molecular weight excluding hydrogens is 321 g/mol. The van der Waals surface area contributed by atoms with Crippen molar-refractivity contribution in [1.82, 2.24) is 19.9 Å². The van der Waals surface area contributed by atoms with E-state index in [4.69, 9.17) is 0 Å². The van der Waals surface area contributed by atoms with E-state index >= 15 is 0 Å². The van der Waals surface area contributed by atoms with E-state index in [1.807, 2.05) is 4.90 Å². The molecule has 0 radical (unpaired) electrons. The van der Waals surface area contributed by atoms with E-state index in [-0.39, 0.29) is 17.9 Å². The Morgan fingerprint density at radius 2 is 1.75 bits per heavy atom. The fraction of sp³-hybridized carbons (Fsp3) is 0.467. The average Bonchev–Trinajstić information content (AvgIpc) is 2.54. The summed E-state index contributed by atoms with van der Waals surface area (Å²) < 4.78 is 38.9. The fourth-order valence-electron chi connectivity index (χ4n) is 3.43. The lowest BCUT2D eigenvalue weighted by molar-refractivity contribution is -0.141. The van der Waals surface area contributed by atoms with Crippen LogP contribution in [0.15, 0.2) is 24.5 Å². The summed E-state index contributed by atoms with van der Waals surface area (Å²) in [6.45, 7) is 2.83. The molecule has 3 aliphatic heterocycles. The molecule has 6 nitrogen and oxygen atoms in total. The van der Waals surface area contributed by atoms with Crippen molar-refractivity contribution in [3.63, 3.8) is 0 Å². The molecule has 3 saturated heterocycles. The molecule has 0 saturated carbocycles. The van der Waals surface area contributed by atoms with E-state index in [0.29, 0.717) is 24.9 Å². The summed E-state index contributed by atoms with van der Waals surface area (Å²) in [5.41, 5.74) is -0.891. The van der Waals surface area contributed by atoms with Gasteiger partial charge >= 0.3 is 6.18 Å². The highest BCUT2D eigenvalue weighted by Crippen LogP contribution is 2.38. The Balaban J connectivity index is 1.57. The number of hydrogen-bond acceptors (Lipinski definition) is 6. The molecule has 2 unspecified atom stereocenters. The van der Waals surface area contributed by atoms with E-state index in [2.05, 4.69) is 24.8 Å². The lowest BCUT2D eigenvalue weighted by Crippen LogP contribution is -2.69. The average molecular weight is 336 g/mol. The van der Waals surface area contributed by atoms with Gasteiger partial charge in [0.2, 0.25) is 5.95 Å². The van der Waals surface area contributed by atoms with Gasteiger partial charge in [-0.15, -0.1) is 0 Å². The number of aryl methyl sites for hydroxylation is 1. The van der Waals surface area contributed by atoms with E-state index in [0.717, 1.165) is 12.5 Å². The third-order valence-electron chi connectivity index (χ3n) is 4.41. The van der Waals surface area contributed by atoms with E-state index in [1.54, 1.807) is 18.5 Å². The summed E-state index contributed by atoms with van der Waals surface area (Å²) in [5, 5.41) is 0. The number of aromatic nitrogens is 4. The predicted molar refractivity (Wildman–Crippen MR) is 80.7 cm³/mol. The van der Waals surface area contributed by atoms with Crippen LogP contribution in [0.25, 0.3) is 0 Å². The van der Waals surface area contributed by atoms with Gasteiger partial charge in [-0.05, 0) is 19.4 Å². The predicted octanol–water partition coefficient (Wildman–Crippen LogP) is 2.06. The Hall–Kier alpha value is -2.45. The van der Waals surface area contributed by atoms with Gasteiger partial charge in [-0.3, -0.25) is 0 Å². The highest BCUT2D eigenvalue weighted by molar-refractivity contribution is 5.51. The first-order chi connectivity index (χ1) is 11.4. The Labute approximate surface area is 136 Å². The number of fused-ring (bicyclic) bond motifs is 2. The topological polar surface area (TPSA) is 58.0 Å². The number of piperazine rings is 1. The number of rotatable bonds is 2. The quantitative estimate of drug-likeness (QED) is 0.837. The van der Waals surface area contributed by atoms with Gasteiger partial charge in [0.25, 0.3) is 0 Å². The van der Waals surface area contributed by atoms with Gasteiger partial charge in [0.05, 0.1) is 12.1 Å². The van der Waals surface area contributed by atoms with Crippen LogP contribution < -0.4 is 9.80 Å². The summed E-state index contributed by atoms with van der Waals surface area (Å²) >= 11 is 0. The van der Waals surface area contributed by atoms with Crippen LogP contribution in [0.3, 0.4) is 0 Å². The third-order valence-corrected chi connectivity index (χ3v) is 4.41. The Morgan fingerprint density at radius 1 is 1.08 bits per heavy atom. The van der Waals surface area contributed by atoms with Gasteiger partial charge in [0.1, 0.15) is 17.3 Å². The number of hydrogen-bond donors (Lipinski definition) is 0. The van der Waals surface area contributed by atoms with Crippen LogP contribution in [-0.4, -0.2) is 45.1 Å². The molecule has 2 aromatic rings. The molecule has 0 amide bonds. The SMILES string of the molecule is Cc1nc(N2C3CC2CN(c2ncccn2)C3)cc(C(F)(F)F)n1. The molecule has 0 aliphatic carbocycles. The molecule has 9 heteroatoms. The number of halogens is 3. The van der Waals surface area contributed by atoms with Crippen molar-refractivity contribution in [3.05, 3.63) is 36.0 Å². The molecule has 2 bridgehead atoms. The lowest BCUT2D eigenvalue weighted by Gasteiger charge is -2.56. The zero-order valence-corrected chi connectivity index (χ0v) is 12.9. The normalized spacial score (nSPS) is 23.2. The van der Waals surface area contributed by atoms with E-state index in [1.165, 1.54) is 6.92 Å². The Kier molecular flexibility index (Phi) is 3.33. The standard InChI is InChI=1S/C15H15F3N6/c1-9-21-12(15(16,17)18)6-13(22-9)24-10-5-11(24)8-23(7-10)14-19-3-2-4-20-14/h2-4,6,10-11H,5,7-8H2,1H3. The lowest BCUT2D eigenvalue weighted by atomic mass is 9.87. The molecular formula is C15H15F3N6. The molecule has 24 heavy (non-hydrogen) atoms. The van der Waals surface area contributed by atoms with Crippen molar-refractivity contribution in [2.24, 2.45) is 0 Å². The summed E-state index contributed by atoms with van der Waals surface area (Å²) in [7, 11) is 0. The molecule has 3 aliphatic rings. The maximum absolute atomic E-state index is 13.0. The number of piperidine rings is 1. The third kappa shape index (κ3) is 2.53. The van der Waals surface area contributed by atoms with Crippen LogP contribution in [0.4, 0.5) is 24.9 Å². The molecule has 5 heterocycles. The molecule has 3 fully saturated rings. The number of alkyl halides is 3. The van der Waals surface area contributed by atoms with Gasteiger partial charge in [-0.25, -0.2) is 19.9 Å². The minimum atomic E-state index is -4.47. The van der Waals surface area contributed by atoms with Crippen LogP contribution in [0.2, 0.25) is 0 Å². The van der Waals surface area contributed by atoms with Crippen molar-refractivity contribution in [2.75, 3.05) is 22.9 Å². The molecule has 0 N–H and O–H groups in total. The van der Waals surface area contributed by atoms with Gasteiger partial charge in [0, 0.05) is 31.5 Å². The van der Waals surface area contributed by atoms with Crippen molar-refractivity contribution < 1.29 is 13.2 Å². The van der Waals surface area contributed by atoms with Crippen LogP contribution in [0.1, 0.15) is 17.9 Å². The second-order valence-electron chi connectivity index (χ2n) is 6.06. The molecule has 0 aromatic carbocycles. The summed E-state index contributed by atoms with van der Waals surface area (Å²) in [4.78, 5) is 20.2. The Morgan fingerprint density at radius 3 is 2.38 bits per heavy atom. The van der Waals surface area contributed by atoms with Gasteiger partial charge in [-0.1, -0.05) is 0 Å². The molecule has 2 aromatic heterocycles. The van der Waals surface area contributed by atoms with Crippen molar-refractivity contribution >= 4 is 11.8 Å². The maximum Gasteiger partial charge on any atom is 0.433 e. The maximum atomic E-state index is 13.0. The Bertz CT molecular complexity index is 739. The second-order valence-corrected chi connectivity index (χ2v) is 6.06.